The van der Waals surface area contributed by atoms with Crippen LogP contribution in [0.1, 0.15) is 17.5 Å². The van der Waals surface area contributed by atoms with E-state index in [9.17, 15) is 0 Å². The molecule has 1 N–H and O–H groups in total. The van der Waals surface area contributed by atoms with Crippen molar-refractivity contribution in [2.45, 2.75) is 12.7 Å². The van der Waals surface area contributed by atoms with Gasteiger partial charge >= 0.3 is 0 Å². The molecule has 3 aromatic heterocycles. The Kier molecular flexibility index (Phi) is 3.63. The van der Waals surface area contributed by atoms with Crippen LogP contribution >= 0.6 is 0 Å². The number of aliphatic imine (C=N–C) groups is 1. The summed E-state index contributed by atoms with van der Waals surface area (Å²) < 4.78 is 7.91. The number of aromatic nitrogens is 3. The Morgan fingerprint density at radius 3 is 2.93 bits per heavy atom. The zero-order chi connectivity index (χ0) is 19.2. The van der Waals surface area contributed by atoms with Crippen LogP contribution in [0.4, 0.5) is 5.95 Å². The van der Waals surface area contributed by atoms with E-state index < -0.39 is 0 Å². The summed E-state index contributed by atoms with van der Waals surface area (Å²) in [4.78, 5) is 18.3. The van der Waals surface area contributed by atoms with Gasteiger partial charge in [-0.2, -0.15) is 0 Å². The van der Waals surface area contributed by atoms with E-state index in [-0.39, 0.29) is 6.17 Å². The summed E-state index contributed by atoms with van der Waals surface area (Å²) in [6, 6.07) is 16.1. The number of hydrogen-bond acceptors (Lipinski definition) is 7. The molecule has 5 heterocycles. The summed E-state index contributed by atoms with van der Waals surface area (Å²) in [5.74, 6) is 2.51. The number of rotatable bonds is 3. The van der Waals surface area contributed by atoms with Gasteiger partial charge in [0.25, 0.3) is 0 Å². The van der Waals surface area contributed by atoms with Crippen molar-refractivity contribution in [1.29, 1.82) is 0 Å². The highest BCUT2D eigenvalue weighted by Gasteiger charge is 2.36. The first-order chi connectivity index (χ1) is 14.4. The van der Waals surface area contributed by atoms with Crippen LogP contribution in [0.3, 0.4) is 0 Å². The Morgan fingerprint density at radius 2 is 2.07 bits per heavy atom. The number of pyridine rings is 1. The lowest BCUT2D eigenvalue weighted by Crippen LogP contribution is -2.57. The second-order valence-corrected chi connectivity index (χ2v) is 7.22. The summed E-state index contributed by atoms with van der Waals surface area (Å²) in [6.07, 6.45) is 5.20. The molecule has 2 aliphatic rings. The molecule has 0 saturated heterocycles. The van der Waals surface area contributed by atoms with Crippen molar-refractivity contribution in [3.63, 3.8) is 0 Å². The molecule has 144 valence electrons. The minimum atomic E-state index is -0.188. The van der Waals surface area contributed by atoms with Crippen LogP contribution in [0.2, 0.25) is 0 Å². The number of fused-ring (bicyclic) bond motifs is 5. The van der Waals surface area contributed by atoms with Gasteiger partial charge in [0.15, 0.2) is 6.17 Å². The summed E-state index contributed by atoms with van der Waals surface area (Å²) in [6.45, 7) is 2.08. The fourth-order valence-electron chi connectivity index (χ4n) is 4.00. The summed E-state index contributed by atoms with van der Waals surface area (Å²) in [7, 11) is 0. The maximum absolute atomic E-state index is 5.73. The Bertz CT molecular complexity index is 1180. The fraction of sp³-hybridized carbons (Fsp3) is 0.190. The van der Waals surface area contributed by atoms with Crippen LogP contribution in [0.25, 0.3) is 11.0 Å². The molecular formula is C21H19N7O. The second kappa shape index (κ2) is 6.46. The Hall–Kier alpha value is -3.65. The van der Waals surface area contributed by atoms with Gasteiger partial charge < -0.3 is 9.73 Å². The van der Waals surface area contributed by atoms with Crippen LogP contribution in [0, 0.1) is 0 Å². The van der Waals surface area contributed by atoms with Crippen molar-refractivity contribution < 1.29 is 4.42 Å². The van der Waals surface area contributed by atoms with Gasteiger partial charge in [-0.25, -0.2) is 9.98 Å². The van der Waals surface area contributed by atoms with E-state index in [0.29, 0.717) is 13.3 Å². The highest BCUT2D eigenvalue weighted by molar-refractivity contribution is 5.98. The van der Waals surface area contributed by atoms with E-state index >= 15 is 0 Å². The number of hydrogen-bond donors (Lipinski definition) is 1. The number of anilines is 1. The highest BCUT2D eigenvalue weighted by Crippen LogP contribution is 2.34. The monoisotopic (exact) mass is 385 g/mol. The summed E-state index contributed by atoms with van der Waals surface area (Å²) in [5.41, 5.74) is 3.17. The van der Waals surface area contributed by atoms with Crippen molar-refractivity contribution in [3.05, 3.63) is 78.5 Å². The van der Waals surface area contributed by atoms with Crippen molar-refractivity contribution in [2.75, 3.05) is 18.2 Å². The van der Waals surface area contributed by atoms with Gasteiger partial charge in [0, 0.05) is 18.9 Å². The molecule has 1 aromatic carbocycles. The predicted molar refractivity (Wildman–Crippen MR) is 109 cm³/mol. The molecule has 0 unspecified atom stereocenters. The van der Waals surface area contributed by atoms with E-state index in [1.807, 2.05) is 42.6 Å². The van der Waals surface area contributed by atoms with Crippen molar-refractivity contribution in [3.8, 4) is 0 Å². The van der Waals surface area contributed by atoms with Crippen molar-refractivity contribution >= 4 is 22.9 Å². The number of guanidine groups is 1. The van der Waals surface area contributed by atoms with Gasteiger partial charge in [-0.15, -0.1) is 0 Å². The minimum absolute atomic E-state index is 0.188. The lowest BCUT2D eigenvalue weighted by molar-refractivity contribution is 0.261. The molecule has 0 fully saturated rings. The van der Waals surface area contributed by atoms with E-state index in [1.54, 1.807) is 12.5 Å². The van der Waals surface area contributed by atoms with E-state index in [2.05, 4.69) is 36.8 Å². The summed E-state index contributed by atoms with van der Waals surface area (Å²) >= 11 is 0. The Labute approximate surface area is 167 Å². The molecule has 0 saturated carbocycles. The number of benzene rings is 1. The normalized spacial score (nSPS) is 18.8. The molecule has 0 amide bonds. The summed E-state index contributed by atoms with van der Waals surface area (Å²) in [5, 5.41) is 3.54. The number of para-hydroxylation sites is 2. The molecule has 8 nitrogen and oxygen atoms in total. The number of nitrogens with zero attached hydrogens (tertiary/aromatic N) is 6. The highest BCUT2D eigenvalue weighted by atomic mass is 16.3. The molecule has 2 aliphatic heterocycles. The topological polar surface area (TPSA) is 74.7 Å². The second-order valence-electron chi connectivity index (χ2n) is 7.22. The average molecular weight is 385 g/mol. The first-order valence-corrected chi connectivity index (χ1v) is 9.57. The first kappa shape index (κ1) is 16.3. The molecule has 1 atom stereocenters. The third-order valence-electron chi connectivity index (χ3n) is 5.30. The van der Waals surface area contributed by atoms with E-state index in [1.165, 1.54) is 0 Å². The van der Waals surface area contributed by atoms with Crippen molar-refractivity contribution in [2.24, 2.45) is 4.99 Å². The van der Waals surface area contributed by atoms with Gasteiger partial charge in [0.05, 0.1) is 30.6 Å². The van der Waals surface area contributed by atoms with E-state index in [0.717, 1.165) is 40.8 Å². The van der Waals surface area contributed by atoms with Gasteiger partial charge in [-0.05, 0) is 35.9 Å². The average Bonchev–Trinajstić information content (AvgIpc) is 3.43. The zero-order valence-corrected chi connectivity index (χ0v) is 15.6. The molecule has 0 spiro atoms. The van der Waals surface area contributed by atoms with Crippen LogP contribution in [0.15, 0.2) is 76.6 Å². The number of furan rings is 1. The van der Waals surface area contributed by atoms with Gasteiger partial charge in [-0.3, -0.25) is 19.4 Å². The molecule has 0 aliphatic carbocycles. The van der Waals surface area contributed by atoms with E-state index in [4.69, 9.17) is 14.4 Å². The maximum Gasteiger partial charge on any atom is 0.216 e. The van der Waals surface area contributed by atoms with Crippen molar-refractivity contribution in [1.82, 2.24) is 24.8 Å². The Balaban J connectivity index is 1.42. The SMILES string of the molecule is c1cncc(CN2CN=C3N[C@H](c4ccco4)n4c(nc5ccccc54)N3C2)c1. The minimum Gasteiger partial charge on any atom is -0.465 e. The van der Waals surface area contributed by atoms with Crippen LogP contribution < -0.4 is 10.2 Å². The number of imidazole rings is 1. The molecule has 29 heavy (non-hydrogen) atoms. The fourth-order valence-corrected chi connectivity index (χ4v) is 4.00. The van der Waals surface area contributed by atoms with Crippen LogP contribution in [-0.2, 0) is 6.54 Å². The quantitative estimate of drug-likeness (QED) is 0.585. The molecule has 6 rings (SSSR count). The largest absolute Gasteiger partial charge is 0.465 e. The van der Waals surface area contributed by atoms with Gasteiger partial charge in [-0.1, -0.05) is 18.2 Å². The zero-order valence-electron chi connectivity index (χ0n) is 15.6. The first-order valence-electron chi connectivity index (χ1n) is 9.57. The third-order valence-corrected chi connectivity index (χ3v) is 5.30. The smallest absolute Gasteiger partial charge is 0.216 e. The molecule has 4 aromatic rings. The molecule has 0 bridgehead atoms. The van der Waals surface area contributed by atoms with Crippen LogP contribution in [0.5, 0.6) is 0 Å². The predicted octanol–water partition coefficient (Wildman–Crippen LogP) is 2.77. The molecule has 8 heteroatoms. The van der Waals surface area contributed by atoms with Gasteiger partial charge in [0.2, 0.25) is 11.9 Å². The number of nitrogens with one attached hydrogen (secondary N) is 1. The van der Waals surface area contributed by atoms with Crippen LogP contribution in [-0.4, -0.2) is 38.7 Å². The molecular weight excluding hydrogens is 366 g/mol. The van der Waals surface area contributed by atoms with Gasteiger partial charge in [0.1, 0.15) is 5.76 Å². The Morgan fingerprint density at radius 1 is 1.10 bits per heavy atom. The molecule has 0 radical (unpaired) electrons. The standard InChI is InChI=1S/C21H19N7O/c1-2-7-17-16(6-1)24-21-27-14-26(12-15-5-3-9-22-11-15)13-23-20(27)25-19(28(17)21)18-8-4-10-29-18/h1-11,19H,12-14H2,(H,23,25)/t19-/m0/s1. The third kappa shape index (κ3) is 2.68. The maximum atomic E-state index is 5.73. The lowest BCUT2D eigenvalue weighted by atomic mass is 10.2. The lowest BCUT2D eigenvalue weighted by Gasteiger charge is -2.41.